The number of carbonyl (C=O) groups is 1. The number of rotatable bonds is 7. The van der Waals surface area contributed by atoms with Gasteiger partial charge in [0, 0.05) is 13.0 Å². The third kappa shape index (κ3) is 4.18. The summed E-state index contributed by atoms with van der Waals surface area (Å²) >= 11 is 0. The molecule has 3 aromatic rings. The second kappa shape index (κ2) is 8.13. The second-order valence-corrected chi connectivity index (χ2v) is 6.44. The van der Waals surface area contributed by atoms with Gasteiger partial charge in [0.15, 0.2) is 0 Å². The summed E-state index contributed by atoms with van der Waals surface area (Å²) in [5.74, 6) is -0.105. The first-order valence-electron chi connectivity index (χ1n) is 8.92. The van der Waals surface area contributed by atoms with Crippen molar-refractivity contribution in [2.75, 3.05) is 20.2 Å². The van der Waals surface area contributed by atoms with E-state index < -0.39 is 0 Å². The molecular formula is C22H25NO2. The van der Waals surface area contributed by atoms with Crippen LogP contribution >= 0.6 is 0 Å². The average Bonchev–Trinajstić information content (AvgIpc) is 2.62. The van der Waals surface area contributed by atoms with Gasteiger partial charge in [0.25, 0.3) is 0 Å². The number of hydrogen-bond acceptors (Lipinski definition) is 3. The zero-order valence-corrected chi connectivity index (χ0v) is 15.0. The Morgan fingerprint density at radius 3 is 2.20 bits per heavy atom. The van der Waals surface area contributed by atoms with E-state index in [1.165, 1.54) is 27.1 Å². The van der Waals surface area contributed by atoms with E-state index in [1.807, 2.05) is 6.92 Å². The van der Waals surface area contributed by atoms with Gasteiger partial charge in [-0.1, -0.05) is 48.5 Å². The summed E-state index contributed by atoms with van der Waals surface area (Å²) in [6.07, 6.45) is 1.30. The molecule has 0 N–H and O–H groups in total. The molecule has 0 unspecified atom stereocenters. The van der Waals surface area contributed by atoms with Gasteiger partial charge in [-0.25, -0.2) is 0 Å². The molecule has 0 saturated carbocycles. The standard InChI is InChI=1S/C22H25NO2/c1-3-25-22(24)13-8-14-23(2)16-21-19-11-6-4-9-17(19)15-18-10-5-7-12-20(18)21/h4-7,9-12,15H,3,8,13-14,16H2,1-2H3. The molecule has 0 spiro atoms. The Balaban J connectivity index is 1.80. The van der Waals surface area contributed by atoms with E-state index in [0.717, 1.165) is 19.5 Å². The van der Waals surface area contributed by atoms with Gasteiger partial charge in [-0.05, 0) is 60.1 Å². The van der Waals surface area contributed by atoms with Gasteiger partial charge in [0.05, 0.1) is 6.61 Å². The minimum atomic E-state index is -0.105. The van der Waals surface area contributed by atoms with Crippen molar-refractivity contribution in [1.29, 1.82) is 0 Å². The van der Waals surface area contributed by atoms with Crippen LogP contribution in [0.3, 0.4) is 0 Å². The van der Waals surface area contributed by atoms with E-state index in [4.69, 9.17) is 4.74 Å². The molecule has 0 radical (unpaired) electrons. The number of hydrogen-bond donors (Lipinski definition) is 0. The molecule has 3 heteroatoms. The fraction of sp³-hybridized carbons (Fsp3) is 0.318. The minimum Gasteiger partial charge on any atom is -0.466 e. The molecule has 0 atom stereocenters. The smallest absolute Gasteiger partial charge is 0.305 e. The molecule has 0 aliphatic carbocycles. The SMILES string of the molecule is CCOC(=O)CCCN(C)Cc1c2ccccc2cc2ccccc12. The van der Waals surface area contributed by atoms with Crippen LogP contribution in [0.2, 0.25) is 0 Å². The molecule has 0 aromatic heterocycles. The molecular weight excluding hydrogens is 310 g/mol. The van der Waals surface area contributed by atoms with Crippen molar-refractivity contribution >= 4 is 27.5 Å². The van der Waals surface area contributed by atoms with Crippen molar-refractivity contribution < 1.29 is 9.53 Å². The molecule has 130 valence electrons. The lowest BCUT2D eigenvalue weighted by molar-refractivity contribution is -0.143. The highest BCUT2D eigenvalue weighted by molar-refractivity contribution is 6.02. The van der Waals surface area contributed by atoms with Crippen LogP contribution in [0.15, 0.2) is 54.6 Å². The number of benzene rings is 3. The molecule has 3 aromatic carbocycles. The third-order valence-electron chi connectivity index (χ3n) is 4.54. The Kier molecular flexibility index (Phi) is 5.67. The van der Waals surface area contributed by atoms with Gasteiger partial charge in [-0.3, -0.25) is 4.79 Å². The first-order valence-corrected chi connectivity index (χ1v) is 8.92. The average molecular weight is 335 g/mol. The van der Waals surface area contributed by atoms with Crippen LogP contribution in [0.4, 0.5) is 0 Å². The van der Waals surface area contributed by atoms with Crippen molar-refractivity contribution in [3.63, 3.8) is 0 Å². The zero-order chi connectivity index (χ0) is 17.6. The fourth-order valence-corrected chi connectivity index (χ4v) is 3.35. The lowest BCUT2D eigenvalue weighted by Gasteiger charge is -2.19. The maximum Gasteiger partial charge on any atom is 0.305 e. The number of fused-ring (bicyclic) bond motifs is 2. The van der Waals surface area contributed by atoms with E-state index >= 15 is 0 Å². The van der Waals surface area contributed by atoms with E-state index in [1.54, 1.807) is 0 Å². The third-order valence-corrected chi connectivity index (χ3v) is 4.54. The van der Waals surface area contributed by atoms with Crippen LogP contribution in [0.25, 0.3) is 21.5 Å². The maximum absolute atomic E-state index is 11.5. The number of esters is 1. The summed E-state index contributed by atoms with van der Waals surface area (Å²) in [5.41, 5.74) is 1.35. The van der Waals surface area contributed by atoms with Crippen LogP contribution in [0.1, 0.15) is 25.3 Å². The molecule has 0 heterocycles. The van der Waals surface area contributed by atoms with Crippen molar-refractivity contribution in [3.8, 4) is 0 Å². The molecule has 0 aliphatic heterocycles. The van der Waals surface area contributed by atoms with E-state index in [9.17, 15) is 4.79 Å². The van der Waals surface area contributed by atoms with Crippen LogP contribution in [0.5, 0.6) is 0 Å². The fourth-order valence-electron chi connectivity index (χ4n) is 3.35. The summed E-state index contributed by atoms with van der Waals surface area (Å²) in [7, 11) is 2.11. The normalized spacial score (nSPS) is 11.3. The van der Waals surface area contributed by atoms with E-state index in [-0.39, 0.29) is 5.97 Å². The summed E-state index contributed by atoms with van der Waals surface area (Å²) < 4.78 is 5.00. The largest absolute Gasteiger partial charge is 0.466 e. The Morgan fingerprint density at radius 1 is 1.00 bits per heavy atom. The van der Waals surface area contributed by atoms with Gasteiger partial charge < -0.3 is 9.64 Å². The molecule has 25 heavy (non-hydrogen) atoms. The van der Waals surface area contributed by atoms with Gasteiger partial charge in [0.2, 0.25) is 0 Å². The Hall–Kier alpha value is -2.39. The quantitative estimate of drug-likeness (QED) is 0.460. The number of carbonyl (C=O) groups excluding carboxylic acids is 1. The zero-order valence-electron chi connectivity index (χ0n) is 15.0. The van der Waals surface area contributed by atoms with Crippen LogP contribution < -0.4 is 0 Å². The van der Waals surface area contributed by atoms with Crippen LogP contribution in [-0.4, -0.2) is 31.1 Å². The van der Waals surface area contributed by atoms with Crippen molar-refractivity contribution in [2.24, 2.45) is 0 Å². The minimum absolute atomic E-state index is 0.105. The van der Waals surface area contributed by atoms with Gasteiger partial charge >= 0.3 is 5.97 Å². The van der Waals surface area contributed by atoms with E-state index in [0.29, 0.717) is 13.0 Å². The van der Waals surface area contributed by atoms with E-state index in [2.05, 4.69) is 66.5 Å². The molecule has 3 rings (SSSR count). The lowest BCUT2D eigenvalue weighted by atomic mass is 9.96. The molecule has 0 amide bonds. The Labute approximate surface area is 149 Å². The molecule has 0 bridgehead atoms. The lowest BCUT2D eigenvalue weighted by Crippen LogP contribution is -2.20. The molecule has 3 nitrogen and oxygen atoms in total. The molecule has 0 saturated heterocycles. The van der Waals surface area contributed by atoms with Crippen LogP contribution in [-0.2, 0) is 16.1 Å². The summed E-state index contributed by atoms with van der Waals surface area (Å²) in [6, 6.07) is 19.4. The monoisotopic (exact) mass is 335 g/mol. The topological polar surface area (TPSA) is 29.5 Å². The highest BCUT2D eigenvalue weighted by atomic mass is 16.5. The molecule has 0 fully saturated rings. The summed E-state index contributed by atoms with van der Waals surface area (Å²) in [5, 5.41) is 5.16. The van der Waals surface area contributed by atoms with Crippen molar-refractivity contribution in [1.82, 2.24) is 4.90 Å². The van der Waals surface area contributed by atoms with Gasteiger partial charge in [-0.15, -0.1) is 0 Å². The molecule has 0 aliphatic rings. The maximum atomic E-state index is 11.5. The summed E-state index contributed by atoms with van der Waals surface area (Å²) in [6.45, 7) is 4.04. The number of nitrogens with zero attached hydrogens (tertiary/aromatic N) is 1. The first kappa shape index (κ1) is 17.4. The van der Waals surface area contributed by atoms with Crippen molar-refractivity contribution in [3.05, 3.63) is 60.2 Å². The van der Waals surface area contributed by atoms with Gasteiger partial charge in [0.1, 0.15) is 0 Å². The van der Waals surface area contributed by atoms with Crippen LogP contribution in [0, 0.1) is 0 Å². The Bertz CT molecular complexity index is 818. The predicted octanol–water partition coefficient (Wildman–Crippen LogP) is 4.77. The van der Waals surface area contributed by atoms with Gasteiger partial charge in [-0.2, -0.15) is 0 Å². The Morgan fingerprint density at radius 2 is 1.60 bits per heavy atom. The first-order chi connectivity index (χ1) is 12.2. The highest BCUT2D eigenvalue weighted by Gasteiger charge is 2.10. The highest BCUT2D eigenvalue weighted by Crippen LogP contribution is 2.29. The number of ether oxygens (including phenoxy) is 1. The second-order valence-electron chi connectivity index (χ2n) is 6.44. The summed E-state index contributed by atoms with van der Waals surface area (Å²) in [4.78, 5) is 13.8. The van der Waals surface area contributed by atoms with Crippen molar-refractivity contribution in [2.45, 2.75) is 26.3 Å². The predicted molar refractivity (Wildman–Crippen MR) is 104 cm³/mol.